The topological polar surface area (TPSA) is 83.2 Å². The number of aromatic amines is 1. The molecule has 2 rings (SSSR count). The molecule has 3 N–H and O–H groups in total. The first kappa shape index (κ1) is 19.8. The van der Waals surface area contributed by atoms with Gasteiger partial charge in [0, 0.05) is 23.6 Å². The van der Waals surface area contributed by atoms with E-state index in [1.807, 2.05) is 38.2 Å². The van der Waals surface area contributed by atoms with E-state index in [0.29, 0.717) is 13.0 Å². The molecule has 0 saturated carbocycles. The zero-order valence-corrected chi connectivity index (χ0v) is 16.2. The molecule has 6 heteroatoms. The van der Waals surface area contributed by atoms with Gasteiger partial charge in [0.15, 0.2) is 0 Å². The van der Waals surface area contributed by atoms with Crippen LogP contribution < -0.4 is 10.6 Å². The van der Waals surface area contributed by atoms with E-state index in [1.165, 1.54) is 0 Å². The van der Waals surface area contributed by atoms with Crippen molar-refractivity contribution < 1.29 is 14.3 Å². The van der Waals surface area contributed by atoms with Crippen LogP contribution in [-0.2, 0) is 16.0 Å². The average molecular weight is 359 g/mol. The second-order valence-corrected chi connectivity index (χ2v) is 7.77. The van der Waals surface area contributed by atoms with Gasteiger partial charge in [0.25, 0.3) is 0 Å². The fourth-order valence-electron chi connectivity index (χ4n) is 2.74. The minimum absolute atomic E-state index is 0.0457. The summed E-state index contributed by atoms with van der Waals surface area (Å²) in [5.74, 6) is -0.249. The molecular formula is C20H29N3O3. The fraction of sp³-hybridized carbons (Fsp3) is 0.500. The van der Waals surface area contributed by atoms with Crippen LogP contribution in [0, 0.1) is 5.92 Å². The summed E-state index contributed by atoms with van der Waals surface area (Å²) in [6.07, 6.45) is 2.10. The van der Waals surface area contributed by atoms with Crippen molar-refractivity contribution in [2.45, 2.75) is 52.7 Å². The number of H-pyrrole nitrogens is 1. The van der Waals surface area contributed by atoms with E-state index in [4.69, 9.17) is 4.74 Å². The van der Waals surface area contributed by atoms with E-state index in [0.717, 1.165) is 16.5 Å². The Kier molecular flexibility index (Phi) is 6.29. The van der Waals surface area contributed by atoms with E-state index in [2.05, 4.69) is 21.7 Å². The number of aromatic nitrogens is 1. The van der Waals surface area contributed by atoms with Crippen LogP contribution >= 0.6 is 0 Å². The minimum atomic E-state index is -0.632. The van der Waals surface area contributed by atoms with Gasteiger partial charge >= 0.3 is 6.09 Å². The van der Waals surface area contributed by atoms with Crippen molar-refractivity contribution in [1.29, 1.82) is 0 Å². The minimum Gasteiger partial charge on any atom is -0.444 e. The molecule has 26 heavy (non-hydrogen) atoms. The fourth-order valence-corrected chi connectivity index (χ4v) is 2.74. The molecule has 0 spiro atoms. The molecule has 0 aliphatic rings. The molecule has 0 fully saturated rings. The highest BCUT2D eigenvalue weighted by molar-refractivity contribution is 5.86. The van der Waals surface area contributed by atoms with E-state index in [1.54, 1.807) is 20.8 Å². The predicted octanol–water partition coefficient (Wildman–Crippen LogP) is 3.38. The highest BCUT2D eigenvalue weighted by Crippen LogP contribution is 2.17. The lowest BCUT2D eigenvalue weighted by atomic mass is 10.0. The van der Waals surface area contributed by atoms with Gasteiger partial charge in [-0.1, -0.05) is 32.0 Å². The molecule has 0 saturated heterocycles. The molecule has 2 aromatic rings. The molecule has 142 valence electrons. The summed E-state index contributed by atoms with van der Waals surface area (Å²) in [6, 6.07) is 7.44. The maximum atomic E-state index is 12.5. The Morgan fingerprint density at radius 3 is 2.54 bits per heavy atom. The number of ether oxygens (including phenoxy) is 1. The van der Waals surface area contributed by atoms with Gasteiger partial charge in [-0.05, 0) is 44.7 Å². The first-order chi connectivity index (χ1) is 12.2. The Hall–Kier alpha value is -2.50. The van der Waals surface area contributed by atoms with Crippen LogP contribution in [0.1, 0.15) is 40.2 Å². The number of carbonyl (C=O) groups excluding carboxylic acids is 2. The molecule has 1 aromatic heterocycles. The SMILES string of the molecule is CC(C)C(NC(=O)OC(C)(C)C)C(=O)NCCc1c[nH]c2ccccc12. The van der Waals surface area contributed by atoms with E-state index < -0.39 is 17.7 Å². The van der Waals surface area contributed by atoms with Crippen LogP contribution in [0.5, 0.6) is 0 Å². The monoisotopic (exact) mass is 359 g/mol. The third kappa shape index (κ3) is 5.51. The van der Waals surface area contributed by atoms with Gasteiger partial charge in [-0.25, -0.2) is 4.79 Å². The van der Waals surface area contributed by atoms with Crippen molar-refractivity contribution in [1.82, 2.24) is 15.6 Å². The zero-order chi connectivity index (χ0) is 19.3. The van der Waals surface area contributed by atoms with Gasteiger partial charge in [0.05, 0.1) is 0 Å². The van der Waals surface area contributed by atoms with Crippen molar-refractivity contribution in [3.05, 3.63) is 36.0 Å². The number of alkyl carbamates (subject to hydrolysis) is 1. The number of nitrogens with one attached hydrogen (secondary N) is 3. The summed E-state index contributed by atoms with van der Waals surface area (Å²) in [7, 11) is 0. The maximum absolute atomic E-state index is 12.5. The number of hydrogen-bond donors (Lipinski definition) is 3. The molecule has 1 aromatic carbocycles. The number of carbonyl (C=O) groups is 2. The smallest absolute Gasteiger partial charge is 0.408 e. The van der Waals surface area contributed by atoms with E-state index >= 15 is 0 Å². The molecule has 2 amide bonds. The lowest BCUT2D eigenvalue weighted by molar-refractivity contribution is -0.124. The number of hydrogen-bond acceptors (Lipinski definition) is 3. The molecule has 1 unspecified atom stereocenters. The molecule has 0 radical (unpaired) electrons. The third-order valence-corrected chi connectivity index (χ3v) is 3.99. The molecule has 6 nitrogen and oxygen atoms in total. The van der Waals surface area contributed by atoms with Crippen molar-refractivity contribution in [3.8, 4) is 0 Å². The van der Waals surface area contributed by atoms with Crippen molar-refractivity contribution >= 4 is 22.9 Å². The van der Waals surface area contributed by atoms with Gasteiger partial charge < -0.3 is 20.4 Å². The number of fused-ring (bicyclic) bond motifs is 1. The highest BCUT2D eigenvalue weighted by Gasteiger charge is 2.26. The average Bonchev–Trinajstić information content (AvgIpc) is 2.94. The van der Waals surface area contributed by atoms with Crippen LogP contribution in [0.25, 0.3) is 10.9 Å². The predicted molar refractivity (Wildman–Crippen MR) is 103 cm³/mol. The Balaban J connectivity index is 1.90. The van der Waals surface area contributed by atoms with Crippen LogP contribution in [0.4, 0.5) is 4.79 Å². The lowest BCUT2D eigenvalue weighted by Gasteiger charge is -2.25. The summed E-state index contributed by atoms with van der Waals surface area (Å²) in [5.41, 5.74) is 1.64. The molecule has 0 aliphatic carbocycles. The highest BCUT2D eigenvalue weighted by atomic mass is 16.6. The van der Waals surface area contributed by atoms with Crippen molar-refractivity contribution in [2.24, 2.45) is 5.92 Å². The quantitative estimate of drug-likeness (QED) is 0.739. The van der Waals surface area contributed by atoms with Crippen LogP contribution in [0.3, 0.4) is 0 Å². The Morgan fingerprint density at radius 2 is 1.88 bits per heavy atom. The number of amides is 2. The Bertz CT molecular complexity index is 759. The van der Waals surface area contributed by atoms with E-state index in [-0.39, 0.29) is 11.8 Å². The van der Waals surface area contributed by atoms with Crippen molar-refractivity contribution in [2.75, 3.05) is 6.54 Å². The number of benzene rings is 1. The van der Waals surface area contributed by atoms with E-state index in [9.17, 15) is 9.59 Å². The zero-order valence-electron chi connectivity index (χ0n) is 16.2. The normalized spacial score (nSPS) is 12.8. The van der Waals surface area contributed by atoms with Gasteiger partial charge in [-0.3, -0.25) is 4.79 Å². The summed E-state index contributed by atoms with van der Waals surface area (Å²) >= 11 is 0. The van der Waals surface area contributed by atoms with Gasteiger partial charge in [-0.15, -0.1) is 0 Å². The summed E-state index contributed by atoms with van der Waals surface area (Å²) < 4.78 is 5.25. The Labute approximate surface area is 154 Å². The second kappa shape index (κ2) is 8.25. The van der Waals surface area contributed by atoms with Crippen LogP contribution in [-0.4, -0.2) is 35.2 Å². The van der Waals surface area contributed by atoms with Crippen LogP contribution in [0.2, 0.25) is 0 Å². The standard InChI is InChI=1S/C20H29N3O3/c1-13(2)17(23-19(25)26-20(3,4)5)18(24)21-11-10-14-12-22-16-9-7-6-8-15(14)16/h6-9,12-13,17,22H,10-11H2,1-5H3,(H,21,24)(H,23,25). The molecular weight excluding hydrogens is 330 g/mol. The van der Waals surface area contributed by atoms with Gasteiger partial charge in [0.2, 0.25) is 5.91 Å². The first-order valence-electron chi connectivity index (χ1n) is 8.99. The molecule has 0 bridgehead atoms. The molecule has 1 atom stereocenters. The number of para-hydroxylation sites is 1. The summed E-state index contributed by atoms with van der Waals surface area (Å²) in [4.78, 5) is 27.7. The summed E-state index contributed by atoms with van der Waals surface area (Å²) in [6.45, 7) is 9.65. The van der Waals surface area contributed by atoms with Gasteiger partial charge in [-0.2, -0.15) is 0 Å². The lowest BCUT2D eigenvalue weighted by Crippen LogP contribution is -2.51. The number of rotatable bonds is 6. The second-order valence-electron chi connectivity index (χ2n) is 7.77. The molecule has 1 heterocycles. The van der Waals surface area contributed by atoms with Gasteiger partial charge in [0.1, 0.15) is 11.6 Å². The third-order valence-electron chi connectivity index (χ3n) is 3.99. The largest absolute Gasteiger partial charge is 0.444 e. The maximum Gasteiger partial charge on any atom is 0.408 e. The first-order valence-corrected chi connectivity index (χ1v) is 8.99. The Morgan fingerprint density at radius 1 is 1.19 bits per heavy atom. The molecule has 0 aliphatic heterocycles. The summed E-state index contributed by atoms with van der Waals surface area (Å²) in [5, 5.41) is 6.74. The van der Waals surface area contributed by atoms with Crippen LogP contribution in [0.15, 0.2) is 30.5 Å². The van der Waals surface area contributed by atoms with Crippen molar-refractivity contribution in [3.63, 3.8) is 0 Å².